The van der Waals surface area contributed by atoms with Gasteiger partial charge in [0.05, 0.1) is 13.0 Å². The van der Waals surface area contributed by atoms with E-state index < -0.39 is 23.8 Å². The molecule has 1 aliphatic rings. The number of carbonyl (C=O) groups excluding carboxylic acids is 2. The van der Waals surface area contributed by atoms with E-state index in [-0.39, 0.29) is 5.76 Å². The van der Waals surface area contributed by atoms with Gasteiger partial charge in [-0.15, -0.1) is 0 Å². The summed E-state index contributed by atoms with van der Waals surface area (Å²) in [6.45, 7) is 3.68. The molecule has 1 aliphatic heterocycles. The fourth-order valence-corrected chi connectivity index (χ4v) is 1.98. The second kappa shape index (κ2) is 4.41. The van der Waals surface area contributed by atoms with Crippen LogP contribution in [0.25, 0.3) is 0 Å². The molecule has 2 atom stereocenters. The Bertz CT molecular complexity index is 464. The SMILES string of the molecule is C=C1OC(=O)[C@@H](C(=O)OC)[C@@H]1c1ccccc1. The Hall–Kier alpha value is -2.10. The number of allylic oxidation sites excluding steroid dienone is 1. The van der Waals surface area contributed by atoms with Crippen LogP contribution in [-0.2, 0) is 19.1 Å². The average molecular weight is 232 g/mol. The maximum Gasteiger partial charge on any atom is 0.326 e. The lowest BCUT2D eigenvalue weighted by molar-refractivity contribution is -0.153. The molecule has 4 heteroatoms. The predicted molar refractivity (Wildman–Crippen MR) is 59.9 cm³/mol. The molecule has 1 saturated heterocycles. The molecule has 1 fully saturated rings. The zero-order valence-electron chi connectivity index (χ0n) is 9.38. The summed E-state index contributed by atoms with van der Waals surface area (Å²) >= 11 is 0. The number of methoxy groups -OCH3 is 1. The van der Waals surface area contributed by atoms with Gasteiger partial charge in [-0.05, 0) is 5.56 Å². The molecule has 17 heavy (non-hydrogen) atoms. The highest BCUT2D eigenvalue weighted by atomic mass is 16.6. The van der Waals surface area contributed by atoms with Crippen LogP contribution in [0.3, 0.4) is 0 Å². The lowest BCUT2D eigenvalue weighted by Gasteiger charge is -2.13. The van der Waals surface area contributed by atoms with Gasteiger partial charge in [-0.3, -0.25) is 9.59 Å². The van der Waals surface area contributed by atoms with E-state index in [1.165, 1.54) is 7.11 Å². The van der Waals surface area contributed by atoms with Gasteiger partial charge >= 0.3 is 11.9 Å². The molecule has 88 valence electrons. The Labute approximate surface area is 98.8 Å². The van der Waals surface area contributed by atoms with Crippen molar-refractivity contribution in [2.75, 3.05) is 7.11 Å². The molecule has 0 radical (unpaired) electrons. The molecule has 0 aliphatic carbocycles. The van der Waals surface area contributed by atoms with Crippen molar-refractivity contribution in [3.63, 3.8) is 0 Å². The first-order chi connectivity index (χ1) is 8.15. The van der Waals surface area contributed by atoms with Gasteiger partial charge in [-0.1, -0.05) is 36.9 Å². The lowest BCUT2D eigenvalue weighted by atomic mass is 9.87. The van der Waals surface area contributed by atoms with Crippen LogP contribution in [0.4, 0.5) is 0 Å². The van der Waals surface area contributed by atoms with E-state index in [4.69, 9.17) is 4.74 Å². The Morgan fingerprint density at radius 1 is 1.35 bits per heavy atom. The minimum absolute atomic E-state index is 0.289. The lowest BCUT2D eigenvalue weighted by Crippen LogP contribution is -2.25. The highest BCUT2D eigenvalue weighted by Gasteiger charge is 2.46. The summed E-state index contributed by atoms with van der Waals surface area (Å²) in [6.07, 6.45) is 0. The van der Waals surface area contributed by atoms with E-state index in [1.54, 1.807) is 0 Å². The highest BCUT2D eigenvalue weighted by Crippen LogP contribution is 2.39. The molecule has 0 amide bonds. The zero-order valence-corrected chi connectivity index (χ0v) is 9.38. The molecule has 0 aromatic heterocycles. The first-order valence-electron chi connectivity index (χ1n) is 5.18. The number of ether oxygens (including phenoxy) is 2. The van der Waals surface area contributed by atoms with Gasteiger partial charge in [0.2, 0.25) is 0 Å². The van der Waals surface area contributed by atoms with Crippen molar-refractivity contribution in [3.8, 4) is 0 Å². The van der Waals surface area contributed by atoms with E-state index >= 15 is 0 Å². The smallest absolute Gasteiger partial charge is 0.326 e. The molecule has 4 nitrogen and oxygen atoms in total. The maximum absolute atomic E-state index is 11.6. The number of rotatable bonds is 2. The van der Waals surface area contributed by atoms with E-state index in [0.717, 1.165) is 5.56 Å². The molecule has 0 N–H and O–H groups in total. The first-order valence-corrected chi connectivity index (χ1v) is 5.18. The molecule has 1 heterocycles. The van der Waals surface area contributed by atoms with E-state index in [1.807, 2.05) is 30.3 Å². The molecule has 0 bridgehead atoms. The highest BCUT2D eigenvalue weighted by molar-refractivity contribution is 5.98. The topological polar surface area (TPSA) is 52.6 Å². The summed E-state index contributed by atoms with van der Waals surface area (Å²) in [6, 6.07) is 9.18. The van der Waals surface area contributed by atoms with Crippen molar-refractivity contribution >= 4 is 11.9 Å². The van der Waals surface area contributed by atoms with Crippen molar-refractivity contribution in [1.29, 1.82) is 0 Å². The fraction of sp³-hybridized carbons (Fsp3) is 0.231. The quantitative estimate of drug-likeness (QED) is 0.574. The van der Waals surface area contributed by atoms with Crippen LogP contribution in [0, 0.1) is 5.92 Å². The number of cyclic esters (lactones) is 1. The normalized spacial score (nSPS) is 23.4. The molecule has 0 unspecified atom stereocenters. The molecule has 2 rings (SSSR count). The standard InChI is InChI=1S/C13H12O4/c1-8-10(9-6-4-3-5-7-9)11(12(14)16-2)13(15)17-8/h3-7,10-11H,1H2,2H3/t10-,11+/m0/s1. The molecule has 1 aromatic carbocycles. The van der Waals surface area contributed by atoms with Gasteiger partial charge in [0.15, 0.2) is 5.92 Å². The van der Waals surface area contributed by atoms with Gasteiger partial charge in [0, 0.05) is 0 Å². The molecular formula is C13H12O4. The van der Waals surface area contributed by atoms with E-state index in [9.17, 15) is 9.59 Å². The Morgan fingerprint density at radius 2 is 2.00 bits per heavy atom. The van der Waals surface area contributed by atoms with Crippen molar-refractivity contribution < 1.29 is 19.1 Å². The minimum atomic E-state index is -0.949. The van der Waals surface area contributed by atoms with Crippen LogP contribution in [0.1, 0.15) is 11.5 Å². The van der Waals surface area contributed by atoms with E-state index in [2.05, 4.69) is 11.3 Å². The van der Waals surface area contributed by atoms with Crippen molar-refractivity contribution in [2.45, 2.75) is 5.92 Å². The van der Waals surface area contributed by atoms with Crippen molar-refractivity contribution in [3.05, 3.63) is 48.2 Å². The molecule has 1 aromatic rings. The van der Waals surface area contributed by atoms with Gasteiger partial charge in [-0.25, -0.2) is 0 Å². The van der Waals surface area contributed by atoms with Crippen molar-refractivity contribution in [1.82, 2.24) is 0 Å². The molecule has 0 spiro atoms. The van der Waals surface area contributed by atoms with Gasteiger partial charge in [-0.2, -0.15) is 0 Å². The summed E-state index contributed by atoms with van der Waals surface area (Å²) in [4.78, 5) is 23.2. The Balaban J connectivity index is 2.39. The predicted octanol–water partition coefficient (Wildman–Crippen LogP) is 1.63. The number of benzene rings is 1. The zero-order chi connectivity index (χ0) is 12.4. The number of hydrogen-bond acceptors (Lipinski definition) is 4. The van der Waals surface area contributed by atoms with Crippen molar-refractivity contribution in [2.24, 2.45) is 5.92 Å². The maximum atomic E-state index is 11.6. The summed E-state index contributed by atoms with van der Waals surface area (Å²) in [7, 11) is 1.25. The summed E-state index contributed by atoms with van der Waals surface area (Å²) in [5.41, 5.74) is 0.818. The van der Waals surface area contributed by atoms with Crippen LogP contribution in [-0.4, -0.2) is 19.0 Å². The van der Waals surface area contributed by atoms with Gasteiger partial charge in [0.25, 0.3) is 0 Å². The third kappa shape index (κ3) is 1.93. The third-order valence-corrected chi connectivity index (χ3v) is 2.78. The molecular weight excluding hydrogens is 220 g/mol. The number of hydrogen-bond donors (Lipinski definition) is 0. The first kappa shape index (κ1) is 11.4. The van der Waals surface area contributed by atoms with Crippen LogP contribution < -0.4 is 0 Å². The minimum Gasteiger partial charge on any atom is -0.468 e. The van der Waals surface area contributed by atoms with Gasteiger partial charge < -0.3 is 9.47 Å². The van der Waals surface area contributed by atoms with Crippen LogP contribution >= 0.6 is 0 Å². The van der Waals surface area contributed by atoms with Gasteiger partial charge in [0.1, 0.15) is 5.76 Å². The molecule has 0 saturated carbocycles. The number of esters is 2. The second-order valence-corrected chi connectivity index (χ2v) is 3.78. The largest absolute Gasteiger partial charge is 0.468 e. The summed E-state index contributed by atoms with van der Waals surface area (Å²) in [5, 5.41) is 0. The third-order valence-electron chi connectivity index (χ3n) is 2.78. The Morgan fingerprint density at radius 3 is 2.59 bits per heavy atom. The summed E-state index contributed by atoms with van der Waals surface area (Å²) in [5.74, 6) is -2.32. The van der Waals surface area contributed by atoms with E-state index in [0.29, 0.717) is 0 Å². The Kier molecular flexibility index (Phi) is 2.95. The van der Waals surface area contributed by atoms with Crippen LogP contribution in [0.15, 0.2) is 42.7 Å². The number of carbonyl (C=O) groups is 2. The monoisotopic (exact) mass is 232 g/mol. The average Bonchev–Trinajstić information content (AvgIpc) is 2.64. The van der Waals surface area contributed by atoms with Crippen LogP contribution in [0.5, 0.6) is 0 Å². The second-order valence-electron chi connectivity index (χ2n) is 3.78. The van der Waals surface area contributed by atoms with Crippen LogP contribution in [0.2, 0.25) is 0 Å². The summed E-state index contributed by atoms with van der Waals surface area (Å²) < 4.78 is 9.55. The fourth-order valence-electron chi connectivity index (χ4n) is 1.98.